The lowest BCUT2D eigenvalue weighted by Crippen LogP contribution is -2.33. The molecule has 0 radical (unpaired) electrons. The van der Waals surface area contributed by atoms with Crippen LogP contribution in [-0.4, -0.2) is 43.2 Å². The van der Waals surface area contributed by atoms with Crippen LogP contribution in [0.25, 0.3) is 0 Å². The minimum atomic E-state index is -0.538. The summed E-state index contributed by atoms with van der Waals surface area (Å²) in [5.41, 5.74) is 0.872. The molecule has 0 aliphatic heterocycles. The van der Waals surface area contributed by atoms with E-state index in [1.54, 1.807) is 19.1 Å². The first kappa shape index (κ1) is 15.7. The zero-order valence-electron chi connectivity index (χ0n) is 11.7. The van der Waals surface area contributed by atoms with Gasteiger partial charge in [0, 0.05) is 27.3 Å². The highest BCUT2D eigenvalue weighted by Gasteiger charge is 2.22. The molecule has 1 amide bonds. The second-order valence-electron chi connectivity index (χ2n) is 4.57. The van der Waals surface area contributed by atoms with Gasteiger partial charge in [-0.2, -0.15) is 0 Å². The molecular formula is C15H23NO3. The lowest BCUT2D eigenvalue weighted by atomic mass is 10.1. The van der Waals surface area contributed by atoms with Crippen LogP contribution in [0.2, 0.25) is 0 Å². The summed E-state index contributed by atoms with van der Waals surface area (Å²) < 4.78 is 5.32. The Labute approximate surface area is 115 Å². The first-order valence-electron chi connectivity index (χ1n) is 6.64. The highest BCUT2D eigenvalue weighted by atomic mass is 16.5. The number of ether oxygens (including phenoxy) is 1. The lowest BCUT2D eigenvalue weighted by molar-refractivity contribution is -0.141. The minimum Gasteiger partial charge on any atom is -0.396 e. The Morgan fingerprint density at radius 3 is 2.53 bits per heavy atom. The Morgan fingerprint density at radius 1 is 1.26 bits per heavy atom. The van der Waals surface area contributed by atoms with E-state index in [9.17, 15) is 4.79 Å². The van der Waals surface area contributed by atoms with Crippen molar-refractivity contribution in [2.75, 3.05) is 27.3 Å². The SMILES string of the molecule is COC(C(=O)N(C)CCCCCO)c1ccccc1. The van der Waals surface area contributed by atoms with E-state index in [0.717, 1.165) is 24.8 Å². The maximum absolute atomic E-state index is 12.3. The second kappa shape index (κ2) is 8.67. The molecule has 1 rings (SSSR count). The number of methoxy groups -OCH3 is 1. The first-order chi connectivity index (χ1) is 9.20. The maximum atomic E-state index is 12.3. The largest absolute Gasteiger partial charge is 0.396 e. The summed E-state index contributed by atoms with van der Waals surface area (Å²) in [5.74, 6) is -0.0299. The van der Waals surface area contributed by atoms with Gasteiger partial charge in [-0.1, -0.05) is 30.3 Å². The summed E-state index contributed by atoms with van der Waals surface area (Å²) in [6.07, 6.45) is 2.07. The van der Waals surface area contributed by atoms with E-state index in [1.165, 1.54) is 0 Å². The van der Waals surface area contributed by atoms with Crippen molar-refractivity contribution in [3.05, 3.63) is 35.9 Å². The predicted octanol–water partition coefficient (Wildman–Crippen LogP) is 2.00. The number of hydrogen-bond donors (Lipinski definition) is 1. The molecule has 1 aromatic carbocycles. The van der Waals surface area contributed by atoms with E-state index < -0.39 is 6.10 Å². The van der Waals surface area contributed by atoms with Gasteiger partial charge in [-0.3, -0.25) is 4.79 Å². The number of rotatable bonds is 8. The van der Waals surface area contributed by atoms with Crippen LogP contribution in [0.1, 0.15) is 30.9 Å². The number of hydrogen-bond acceptors (Lipinski definition) is 3. The van der Waals surface area contributed by atoms with Gasteiger partial charge < -0.3 is 14.7 Å². The summed E-state index contributed by atoms with van der Waals surface area (Å²) in [5, 5.41) is 8.72. The number of amides is 1. The van der Waals surface area contributed by atoms with Crippen LogP contribution >= 0.6 is 0 Å². The highest BCUT2D eigenvalue weighted by Crippen LogP contribution is 2.18. The maximum Gasteiger partial charge on any atom is 0.256 e. The van der Waals surface area contributed by atoms with Crippen molar-refractivity contribution < 1.29 is 14.6 Å². The van der Waals surface area contributed by atoms with Crippen molar-refractivity contribution in [1.29, 1.82) is 0 Å². The monoisotopic (exact) mass is 265 g/mol. The third-order valence-electron chi connectivity index (χ3n) is 3.09. The van der Waals surface area contributed by atoms with Gasteiger partial charge in [0.15, 0.2) is 6.10 Å². The fraction of sp³-hybridized carbons (Fsp3) is 0.533. The predicted molar refractivity (Wildman–Crippen MR) is 74.8 cm³/mol. The molecule has 4 heteroatoms. The van der Waals surface area contributed by atoms with Gasteiger partial charge in [-0.05, 0) is 24.8 Å². The quantitative estimate of drug-likeness (QED) is 0.731. The second-order valence-corrected chi connectivity index (χ2v) is 4.57. The molecular weight excluding hydrogens is 242 g/mol. The van der Waals surface area contributed by atoms with Crippen LogP contribution in [-0.2, 0) is 9.53 Å². The Balaban J connectivity index is 2.54. The number of benzene rings is 1. The van der Waals surface area contributed by atoms with E-state index in [0.29, 0.717) is 6.54 Å². The molecule has 1 atom stereocenters. The zero-order chi connectivity index (χ0) is 14.1. The van der Waals surface area contributed by atoms with E-state index in [4.69, 9.17) is 9.84 Å². The molecule has 0 saturated carbocycles. The van der Waals surface area contributed by atoms with Gasteiger partial charge in [-0.25, -0.2) is 0 Å². The average molecular weight is 265 g/mol. The molecule has 1 aromatic rings. The van der Waals surface area contributed by atoms with Crippen molar-refractivity contribution in [2.45, 2.75) is 25.4 Å². The fourth-order valence-electron chi connectivity index (χ4n) is 1.96. The number of carbonyl (C=O) groups is 1. The smallest absolute Gasteiger partial charge is 0.256 e. The molecule has 1 unspecified atom stereocenters. The van der Waals surface area contributed by atoms with Crippen LogP contribution < -0.4 is 0 Å². The van der Waals surface area contributed by atoms with E-state index >= 15 is 0 Å². The summed E-state index contributed by atoms with van der Waals surface area (Å²) in [6.45, 7) is 0.897. The summed E-state index contributed by atoms with van der Waals surface area (Å²) in [6, 6.07) is 9.50. The Kier molecular flexibility index (Phi) is 7.15. The number of carbonyl (C=O) groups excluding carboxylic acids is 1. The van der Waals surface area contributed by atoms with Gasteiger partial charge in [0.05, 0.1) is 0 Å². The molecule has 0 aliphatic rings. The molecule has 0 saturated heterocycles. The zero-order valence-corrected chi connectivity index (χ0v) is 11.7. The van der Waals surface area contributed by atoms with Gasteiger partial charge in [0.25, 0.3) is 5.91 Å². The average Bonchev–Trinajstić information content (AvgIpc) is 2.45. The molecule has 4 nitrogen and oxygen atoms in total. The van der Waals surface area contributed by atoms with Gasteiger partial charge in [-0.15, -0.1) is 0 Å². The van der Waals surface area contributed by atoms with E-state index in [-0.39, 0.29) is 12.5 Å². The van der Waals surface area contributed by atoms with Crippen molar-refractivity contribution in [3.63, 3.8) is 0 Å². The third kappa shape index (κ3) is 5.01. The van der Waals surface area contributed by atoms with Crippen molar-refractivity contribution in [3.8, 4) is 0 Å². The molecule has 0 spiro atoms. The number of aliphatic hydroxyl groups excluding tert-OH is 1. The number of nitrogens with zero attached hydrogens (tertiary/aromatic N) is 1. The molecule has 0 aromatic heterocycles. The fourth-order valence-corrected chi connectivity index (χ4v) is 1.96. The topological polar surface area (TPSA) is 49.8 Å². The van der Waals surface area contributed by atoms with Crippen LogP contribution in [0.3, 0.4) is 0 Å². The Hall–Kier alpha value is -1.39. The molecule has 19 heavy (non-hydrogen) atoms. The van der Waals surface area contributed by atoms with Crippen LogP contribution in [0, 0.1) is 0 Å². The Morgan fingerprint density at radius 2 is 1.95 bits per heavy atom. The number of unbranched alkanes of at least 4 members (excludes halogenated alkanes) is 2. The molecule has 1 N–H and O–H groups in total. The summed E-state index contributed by atoms with van der Waals surface area (Å²) >= 11 is 0. The number of likely N-dealkylation sites (N-methyl/N-ethyl adjacent to an activating group) is 1. The standard InChI is InChI=1S/C15H23NO3/c1-16(11-7-4-8-12-17)15(18)14(19-2)13-9-5-3-6-10-13/h3,5-6,9-10,14,17H,4,7-8,11-12H2,1-2H3. The van der Waals surface area contributed by atoms with Crippen LogP contribution in [0.5, 0.6) is 0 Å². The molecule has 0 aliphatic carbocycles. The van der Waals surface area contributed by atoms with Crippen molar-refractivity contribution in [2.24, 2.45) is 0 Å². The van der Waals surface area contributed by atoms with E-state index in [2.05, 4.69) is 0 Å². The van der Waals surface area contributed by atoms with Crippen LogP contribution in [0.4, 0.5) is 0 Å². The summed E-state index contributed by atoms with van der Waals surface area (Å²) in [7, 11) is 3.34. The van der Waals surface area contributed by atoms with Crippen molar-refractivity contribution in [1.82, 2.24) is 4.90 Å². The Bertz CT molecular complexity index is 367. The minimum absolute atomic E-state index is 0.0299. The summed E-state index contributed by atoms with van der Waals surface area (Å²) in [4.78, 5) is 14.0. The normalized spacial score (nSPS) is 12.2. The van der Waals surface area contributed by atoms with Crippen molar-refractivity contribution >= 4 is 5.91 Å². The molecule has 0 heterocycles. The third-order valence-corrected chi connectivity index (χ3v) is 3.09. The van der Waals surface area contributed by atoms with E-state index in [1.807, 2.05) is 30.3 Å². The van der Waals surface area contributed by atoms with Gasteiger partial charge in [0.2, 0.25) is 0 Å². The molecule has 0 fully saturated rings. The first-order valence-corrected chi connectivity index (χ1v) is 6.64. The van der Waals surface area contributed by atoms with Gasteiger partial charge in [0.1, 0.15) is 0 Å². The lowest BCUT2D eigenvalue weighted by Gasteiger charge is -2.23. The highest BCUT2D eigenvalue weighted by molar-refractivity contribution is 5.82. The molecule has 106 valence electrons. The van der Waals surface area contributed by atoms with Gasteiger partial charge >= 0.3 is 0 Å². The molecule has 0 bridgehead atoms. The number of aliphatic hydroxyl groups is 1. The van der Waals surface area contributed by atoms with Crippen LogP contribution in [0.15, 0.2) is 30.3 Å².